The predicted octanol–water partition coefficient (Wildman–Crippen LogP) is 6.44. The summed E-state index contributed by atoms with van der Waals surface area (Å²) in [7, 11) is 2.98. The summed E-state index contributed by atoms with van der Waals surface area (Å²) in [6.45, 7) is 0. The van der Waals surface area contributed by atoms with E-state index in [-0.39, 0.29) is 5.11 Å². The second-order valence-electron chi connectivity index (χ2n) is 6.84. The van der Waals surface area contributed by atoms with Gasteiger partial charge in [0.25, 0.3) is 5.91 Å². The fraction of sp³-hybridized carbons (Fsp3) is 0.130. The number of benzene rings is 3. The van der Waals surface area contributed by atoms with Crippen molar-refractivity contribution in [1.82, 2.24) is 0 Å². The molecule has 0 bridgehead atoms. The van der Waals surface area contributed by atoms with Crippen LogP contribution in [0.2, 0.25) is 5.02 Å². The monoisotopic (exact) mass is 509 g/mol. The number of anilines is 3. The smallest absolute Gasteiger partial charge is 0.417 e. The van der Waals surface area contributed by atoms with E-state index in [2.05, 4.69) is 16.0 Å². The minimum Gasteiger partial charge on any atom is -0.495 e. The molecule has 0 saturated carbocycles. The minimum atomic E-state index is -4.64. The maximum atomic E-state index is 13.2. The molecule has 0 aromatic heterocycles. The van der Waals surface area contributed by atoms with Crippen LogP contribution in [-0.2, 0) is 6.18 Å². The molecule has 3 rings (SSSR count). The van der Waals surface area contributed by atoms with Crippen LogP contribution in [-0.4, -0.2) is 25.2 Å². The lowest BCUT2D eigenvalue weighted by molar-refractivity contribution is -0.137. The average Bonchev–Trinajstić information content (AvgIpc) is 2.80. The third-order valence-electron chi connectivity index (χ3n) is 4.60. The van der Waals surface area contributed by atoms with Gasteiger partial charge in [0.1, 0.15) is 11.5 Å². The Labute approximate surface area is 204 Å². The van der Waals surface area contributed by atoms with Gasteiger partial charge in [-0.25, -0.2) is 0 Å². The van der Waals surface area contributed by atoms with Crippen molar-refractivity contribution >= 4 is 51.9 Å². The van der Waals surface area contributed by atoms with E-state index >= 15 is 0 Å². The number of thiocarbonyl (C=S) groups is 1. The Balaban J connectivity index is 1.66. The maximum absolute atomic E-state index is 13.2. The van der Waals surface area contributed by atoms with Gasteiger partial charge in [-0.2, -0.15) is 13.2 Å². The first-order valence-electron chi connectivity index (χ1n) is 9.69. The van der Waals surface area contributed by atoms with Crippen molar-refractivity contribution in [1.29, 1.82) is 0 Å². The molecule has 0 atom stereocenters. The van der Waals surface area contributed by atoms with Crippen molar-refractivity contribution in [2.45, 2.75) is 6.18 Å². The van der Waals surface area contributed by atoms with Crippen molar-refractivity contribution in [3.63, 3.8) is 0 Å². The first-order valence-corrected chi connectivity index (χ1v) is 10.5. The zero-order valence-corrected chi connectivity index (χ0v) is 19.5. The lowest BCUT2D eigenvalue weighted by Gasteiger charge is -2.16. The summed E-state index contributed by atoms with van der Waals surface area (Å²) in [5, 5.41) is 8.99. The van der Waals surface area contributed by atoms with Crippen molar-refractivity contribution in [3.8, 4) is 11.5 Å². The normalized spacial score (nSPS) is 10.9. The molecule has 178 valence electrons. The van der Waals surface area contributed by atoms with Gasteiger partial charge in [-0.15, -0.1) is 0 Å². The Bertz CT molecular complexity index is 1200. The molecule has 0 heterocycles. The molecular formula is C23H19ClF3N3O3S. The molecule has 0 fully saturated rings. The molecule has 0 aliphatic carbocycles. The van der Waals surface area contributed by atoms with Gasteiger partial charge in [-0.1, -0.05) is 23.7 Å². The Kier molecular flexibility index (Phi) is 7.85. The largest absolute Gasteiger partial charge is 0.495 e. The van der Waals surface area contributed by atoms with E-state index in [1.807, 2.05) is 0 Å². The van der Waals surface area contributed by atoms with Crippen LogP contribution >= 0.6 is 23.8 Å². The van der Waals surface area contributed by atoms with Crippen LogP contribution in [0.25, 0.3) is 0 Å². The van der Waals surface area contributed by atoms with Crippen molar-refractivity contribution in [2.75, 3.05) is 30.2 Å². The molecule has 0 aliphatic heterocycles. The van der Waals surface area contributed by atoms with E-state index in [1.165, 1.54) is 38.5 Å². The lowest BCUT2D eigenvalue weighted by Crippen LogP contribution is -2.20. The third-order valence-corrected chi connectivity index (χ3v) is 5.10. The number of carbonyl (C=O) groups excluding carboxylic acids is 1. The molecule has 0 aliphatic rings. The highest BCUT2D eigenvalue weighted by Crippen LogP contribution is 2.36. The summed E-state index contributed by atoms with van der Waals surface area (Å²) < 4.78 is 49.9. The maximum Gasteiger partial charge on any atom is 0.417 e. The van der Waals surface area contributed by atoms with Gasteiger partial charge in [0.05, 0.1) is 36.1 Å². The number of amides is 1. The molecule has 6 nitrogen and oxygen atoms in total. The number of ether oxygens (including phenoxy) is 2. The average molecular weight is 510 g/mol. The first kappa shape index (κ1) is 25.1. The lowest BCUT2D eigenvalue weighted by atomic mass is 10.1. The van der Waals surface area contributed by atoms with E-state index < -0.39 is 23.2 Å². The molecule has 3 N–H and O–H groups in total. The minimum absolute atomic E-state index is 0.232. The van der Waals surface area contributed by atoms with Crippen LogP contribution in [0, 0.1) is 0 Å². The summed E-state index contributed by atoms with van der Waals surface area (Å²) in [6.07, 6.45) is -4.64. The van der Waals surface area contributed by atoms with E-state index in [0.717, 1.165) is 12.1 Å². The molecule has 0 radical (unpaired) electrons. The number of alkyl halides is 3. The highest BCUT2D eigenvalue weighted by atomic mass is 35.5. The fourth-order valence-electron chi connectivity index (χ4n) is 3.01. The molecular weight excluding hydrogens is 491 g/mol. The predicted molar refractivity (Wildman–Crippen MR) is 130 cm³/mol. The van der Waals surface area contributed by atoms with Gasteiger partial charge in [-0.05, 0) is 54.7 Å². The van der Waals surface area contributed by atoms with E-state index in [1.54, 1.807) is 24.3 Å². The number of hydrogen-bond donors (Lipinski definition) is 3. The third kappa shape index (κ3) is 6.09. The second kappa shape index (κ2) is 10.6. The van der Waals surface area contributed by atoms with Crippen LogP contribution < -0.4 is 25.4 Å². The standard InChI is InChI=1S/C23H19ClF3N3O3S/c1-32-19-12-20(33-2)18(11-17(19)24)30-22(34)29-14-9-7-13(8-10-14)28-21(31)15-5-3-4-6-16(15)23(25,26)27/h3-12H,1-2H3,(H,28,31)(H2,29,30,34). The zero-order valence-electron chi connectivity index (χ0n) is 17.9. The van der Waals surface area contributed by atoms with Crippen molar-refractivity contribution in [2.24, 2.45) is 0 Å². The van der Waals surface area contributed by atoms with Crippen LogP contribution in [0.5, 0.6) is 11.5 Å². The molecule has 0 unspecified atom stereocenters. The summed E-state index contributed by atoms with van der Waals surface area (Å²) >= 11 is 11.5. The molecule has 1 amide bonds. The van der Waals surface area contributed by atoms with Crippen LogP contribution in [0.4, 0.5) is 30.2 Å². The van der Waals surface area contributed by atoms with E-state index in [4.69, 9.17) is 33.3 Å². The summed E-state index contributed by atoms with van der Waals surface area (Å²) in [5.41, 5.74) is -0.0660. The number of halogens is 4. The van der Waals surface area contributed by atoms with E-state index in [9.17, 15) is 18.0 Å². The number of hydrogen-bond acceptors (Lipinski definition) is 4. The number of nitrogens with one attached hydrogen (secondary N) is 3. The first-order chi connectivity index (χ1) is 16.1. The molecule has 3 aromatic carbocycles. The van der Waals surface area contributed by atoms with Gasteiger partial charge in [0, 0.05) is 17.4 Å². The molecule has 11 heteroatoms. The summed E-state index contributed by atoms with van der Waals surface area (Å²) in [6, 6.07) is 14.1. The summed E-state index contributed by atoms with van der Waals surface area (Å²) in [4.78, 5) is 12.4. The highest BCUT2D eigenvalue weighted by molar-refractivity contribution is 7.80. The van der Waals surface area contributed by atoms with Gasteiger partial charge in [0.2, 0.25) is 0 Å². The van der Waals surface area contributed by atoms with Gasteiger partial charge >= 0.3 is 6.18 Å². The fourth-order valence-corrected chi connectivity index (χ4v) is 3.47. The van der Waals surface area contributed by atoms with E-state index in [0.29, 0.717) is 33.6 Å². The number of methoxy groups -OCH3 is 2. The Morgan fingerprint density at radius 1 is 0.882 bits per heavy atom. The van der Waals surface area contributed by atoms with Gasteiger partial charge < -0.3 is 25.4 Å². The van der Waals surface area contributed by atoms with Crippen molar-refractivity contribution in [3.05, 3.63) is 76.8 Å². The van der Waals surface area contributed by atoms with Crippen molar-refractivity contribution < 1.29 is 27.4 Å². The Morgan fingerprint density at radius 2 is 1.47 bits per heavy atom. The number of carbonyl (C=O) groups is 1. The zero-order chi connectivity index (χ0) is 24.9. The molecule has 0 spiro atoms. The van der Waals surface area contributed by atoms with Crippen LogP contribution in [0.15, 0.2) is 60.7 Å². The quantitative estimate of drug-likeness (QED) is 0.332. The van der Waals surface area contributed by atoms with Crippen LogP contribution in [0.3, 0.4) is 0 Å². The molecule has 0 saturated heterocycles. The van der Waals surface area contributed by atoms with Gasteiger partial charge in [0.15, 0.2) is 5.11 Å². The molecule has 34 heavy (non-hydrogen) atoms. The van der Waals surface area contributed by atoms with Gasteiger partial charge in [-0.3, -0.25) is 4.79 Å². The number of rotatable bonds is 6. The Hall–Kier alpha value is -3.50. The van der Waals surface area contributed by atoms with Crippen LogP contribution in [0.1, 0.15) is 15.9 Å². The molecule has 3 aromatic rings. The summed E-state index contributed by atoms with van der Waals surface area (Å²) in [5.74, 6) is 0.0373. The Morgan fingerprint density at radius 3 is 2.06 bits per heavy atom. The second-order valence-corrected chi connectivity index (χ2v) is 7.66. The highest BCUT2D eigenvalue weighted by Gasteiger charge is 2.34. The topological polar surface area (TPSA) is 71.6 Å². The SMILES string of the molecule is COc1cc(OC)c(NC(=S)Nc2ccc(NC(=O)c3ccccc3C(F)(F)F)cc2)cc1Cl.